The fourth-order valence-corrected chi connectivity index (χ4v) is 9.40. The summed E-state index contributed by atoms with van der Waals surface area (Å²) in [6.45, 7) is 5.83. The lowest BCUT2D eigenvalue weighted by Gasteiger charge is -2.52. The van der Waals surface area contributed by atoms with Crippen molar-refractivity contribution in [2.45, 2.75) is 88.8 Å². The zero-order valence-electron chi connectivity index (χ0n) is 28.1. The number of aliphatic hydroxyl groups is 1. The molecule has 2 aromatic carbocycles. The number of carbonyl (C=O) groups excluding carboxylic acids is 2. The van der Waals surface area contributed by atoms with Crippen LogP contribution in [0.4, 0.5) is 5.69 Å². The number of morpholine rings is 1. The summed E-state index contributed by atoms with van der Waals surface area (Å²) < 4.78 is 41.7. The van der Waals surface area contributed by atoms with Crippen molar-refractivity contribution < 1.29 is 32.6 Å². The molecule has 2 fully saturated rings. The summed E-state index contributed by atoms with van der Waals surface area (Å²) in [4.78, 5) is 30.8. The zero-order valence-corrected chi connectivity index (χ0v) is 29.7. The lowest BCUT2D eigenvalue weighted by molar-refractivity contribution is -0.202. The molecule has 1 saturated carbocycles. The van der Waals surface area contributed by atoms with Crippen LogP contribution in [0.1, 0.15) is 80.3 Å². The van der Waals surface area contributed by atoms with E-state index in [0.717, 1.165) is 43.2 Å². The summed E-state index contributed by atoms with van der Waals surface area (Å²) >= 11 is 6.35. The number of nitrogens with one attached hydrogen (secondary N) is 1. The molecular formula is C36H48ClN3O7S. The predicted octanol–water partition coefficient (Wildman–Crippen LogP) is 4.94. The molecule has 6 rings (SSSR count). The van der Waals surface area contributed by atoms with Gasteiger partial charge in [-0.2, -0.15) is 0 Å². The van der Waals surface area contributed by atoms with Gasteiger partial charge in [0.1, 0.15) is 18.0 Å². The first-order valence-electron chi connectivity index (χ1n) is 17.3. The molecule has 0 spiro atoms. The van der Waals surface area contributed by atoms with Crippen LogP contribution in [0.5, 0.6) is 5.75 Å². The van der Waals surface area contributed by atoms with E-state index >= 15 is 0 Å². The maximum atomic E-state index is 13.5. The van der Waals surface area contributed by atoms with Crippen LogP contribution in [0.25, 0.3) is 0 Å². The Labute approximate surface area is 289 Å². The fraction of sp³-hybridized carbons (Fsp3) is 0.611. The smallest absolute Gasteiger partial charge is 0.264 e. The number of ether oxygens (including phenoxy) is 2. The fourth-order valence-electron chi connectivity index (χ4n) is 7.90. The summed E-state index contributed by atoms with van der Waals surface area (Å²) in [6.07, 6.45) is 4.58. The molecule has 48 heavy (non-hydrogen) atoms. The average Bonchev–Trinajstić information content (AvgIpc) is 3.06. The van der Waals surface area contributed by atoms with Crippen LogP contribution in [0, 0.1) is 17.8 Å². The van der Waals surface area contributed by atoms with E-state index < -0.39 is 32.9 Å². The number of likely N-dealkylation sites (N-methyl/N-ethyl adjacent to an activating group) is 1. The Morgan fingerprint density at radius 1 is 1.00 bits per heavy atom. The first kappa shape index (κ1) is 35.0. The number of amides is 2. The van der Waals surface area contributed by atoms with E-state index in [1.807, 2.05) is 25.1 Å². The van der Waals surface area contributed by atoms with Crippen LogP contribution in [0.2, 0.25) is 5.02 Å². The highest BCUT2D eigenvalue weighted by Gasteiger charge is 2.55. The van der Waals surface area contributed by atoms with Crippen LogP contribution in [0.15, 0.2) is 36.4 Å². The molecule has 6 atom stereocenters. The van der Waals surface area contributed by atoms with Crippen molar-refractivity contribution in [3.8, 4) is 5.75 Å². The Balaban J connectivity index is 1.41. The summed E-state index contributed by atoms with van der Waals surface area (Å²) in [5, 5.41) is 12.4. The number of halogens is 1. The highest BCUT2D eigenvalue weighted by molar-refractivity contribution is 7.90. The lowest BCUT2D eigenvalue weighted by Crippen LogP contribution is -2.64. The van der Waals surface area contributed by atoms with Gasteiger partial charge < -0.3 is 24.4 Å². The second-order valence-electron chi connectivity index (χ2n) is 14.3. The molecule has 1 aliphatic carbocycles. The second-order valence-corrected chi connectivity index (χ2v) is 16.8. The number of sulfonamides is 1. The van der Waals surface area contributed by atoms with Gasteiger partial charge in [0.25, 0.3) is 11.8 Å². The highest BCUT2D eigenvalue weighted by Crippen LogP contribution is 2.48. The van der Waals surface area contributed by atoms with Gasteiger partial charge >= 0.3 is 0 Å². The minimum Gasteiger partial charge on any atom is -0.487 e. The SMILES string of the molecule is C[C@@H]1[C@@H](C)CCC[C@@](O)([C@H]2OCCN(C)C2=O)[C@@H]2CC[C@H]2CN2CCCCc3cc(Cl)ccc3COc3ccc(cc32)C(=O)NS1(=O)=O. The van der Waals surface area contributed by atoms with Gasteiger partial charge in [0.15, 0.2) is 6.10 Å². The van der Waals surface area contributed by atoms with E-state index in [2.05, 4.69) is 9.62 Å². The maximum Gasteiger partial charge on any atom is 0.264 e. The Morgan fingerprint density at radius 2 is 1.81 bits per heavy atom. The minimum atomic E-state index is -4.01. The first-order chi connectivity index (χ1) is 22.9. The Morgan fingerprint density at radius 3 is 2.58 bits per heavy atom. The molecule has 10 nitrogen and oxygen atoms in total. The van der Waals surface area contributed by atoms with Crippen LogP contribution >= 0.6 is 11.6 Å². The summed E-state index contributed by atoms with van der Waals surface area (Å²) in [5.41, 5.74) is 1.70. The zero-order chi connectivity index (χ0) is 34.2. The number of anilines is 1. The Hall–Kier alpha value is -2.86. The van der Waals surface area contributed by atoms with E-state index in [-0.39, 0.29) is 29.2 Å². The van der Waals surface area contributed by atoms with Crippen molar-refractivity contribution in [2.75, 3.05) is 38.2 Å². The monoisotopic (exact) mass is 701 g/mol. The molecule has 12 heteroatoms. The molecule has 0 radical (unpaired) electrons. The topological polar surface area (TPSA) is 125 Å². The van der Waals surface area contributed by atoms with E-state index in [0.29, 0.717) is 68.6 Å². The number of hydrogen-bond donors (Lipinski definition) is 2. The van der Waals surface area contributed by atoms with Gasteiger partial charge in [0.2, 0.25) is 10.0 Å². The molecule has 3 aliphatic heterocycles. The van der Waals surface area contributed by atoms with Crippen molar-refractivity contribution in [3.63, 3.8) is 0 Å². The third-order valence-electron chi connectivity index (χ3n) is 11.3. The standard InChI is InChI=1S/C36H48ClN3O7S/c1-23-7-6-15-36(43,33-35(42)39(3)17-18-46-33)30-13-10-27(30)21-40-16-5-4-8-25-19-29(37)12-9-28(25)22-47-32-14-11-26(20-31(32)40)34(41)38-48(44,45)24(23)2/h9,11-12,14,19-20,23-24,27,30,33,43H,4-8,10,13,15-18,21-22H2,1-3H3,(H,38,41)/t23-,24+,27-,30+,33-,36-/m0/s1. The first-order valence-corrected chi connectivity index (χ1v) is 19.2. The lowest BCUT2D eigenvalue weighted by atomic mass is 9.61. The summed E-state index contributed by atoms with van der Waals surface area (Å²) in [7, 11) is -2.27. The van der Waals surface area contributed by atoms with E-state index in [4.69, 9.17) is 21.1 Å². The van der Waals surface area contributed by atoms with Gasteiger partial charge in [-0.25, -0.2) is 13.1 Å². The quantitative estimate of drug-likeness (QED) is 0.429. The Bertz CT molecular complexity index is 1640. The van der Waals surface area contributed by atoms with Crippen LogP contribution in [-0.2, 0) is 32.6 Å². The second kappa shape index (κ2) is 14.2. The molecule has 4 aliphatic rings. The number of fused-ring (bicyclic) bond motifs is 3. The Kier molecular flexibility index (Phi) is 10.3. The molecule has 0 unspecified atom stereocenters. The third kappa shape index (κ3) is 7.06. The minimum absolute atomic E-state index is 0.0646. The molecule has 3 heterocycles. The van der Waals surface area contributed by atoms with Crippen molar-refractivity contribution in [3.05, 3.63) is 58.1 Å². The molecule has 2 aromatic rings. The molecule has 2 amide bonds. The van der Waals surface area contributed by atoms with Gasteiger partial charge in [-0.3, -0.25) is 9.59 Å². The van der Waals surface area contributed by atoms with Gasteiger partial charge in [-0.15, -0.1) is 0 Å². The average molecular weight is 702 g/mol. The molecule has 262 valence electrons. The van der Waals surface area contributed by atoms with Crippen LogP contribution in [-0.4, -0.2) is 80.5 Å². The van der Waals surface area contributed by atoms with E-state index in [1.54, 1.807) is 37.1 Å². The van der Waals surface area contributed by atoms with E-state index in [1.165, 1.54) is 0 Å². The van der Waals surface area contributed by atoms with Crippen molar-refractivity contribution in [1.82, 2.24) is 9.62 Å². The number of carbonyl (C=O) groups is 2. The van der Waals surface area contributed by atoms with Crippen LogP contribution < -0.4 is 14.4 Å². The molecule has 2 bridgehead atoms. The number of nitrogens with zero attached hydrogens (tertiary/aromatic N) is 2. The molecule has 1 saturated heterocycles. The van der Waals surface area contributed by atoms with Gasteiger partial charge in [0, 0.05) is 37.3 Å². The number of aryl methyl sites for hydroxylation is 1. The summed E-state index contributed by atoms with van der Waals surface area (Å²) in [6, 6.07) is 10.9. The molecule has 2 N–H and O–H groups in total. The van der Waals surface area contributed by atoms with Gasteiger partial charge in [-0.05, 0) is 111 Å². The van der Waals surface area contributed by atoms with Crippen LogP contribution in [0.3, 0.4) is 0 Å². The predicted molar refractivity (Wildman–Crippen MR) is 185 cm³/mol. The number of benzene rings is 2. The van der Waals surface area contributed by atoms with Crippen molar-refractivity contribution in [2.24, 2.45) is 17.8 Å². The molecular weight excluding hydrogens is 654 g/mol. The normalized spacial score (nSPS) is 31.6. The maximum absolute atomic E-state index is 13.5. The van der Waals surface area contributed by atoms with E-state index in [9.17, 15) is 23.1 Å². The highest BCUT2D eigenvalue weighted by atomic mass is 35.5. The number of rotatable bonds is 1. The number of hydrogen-bond acceptors (Lipinski definition) is 8. The summed E-state index contributed by atoms with van der Waals surface area (Å²) in [5.74, 6) is -0.735. The van der Waals surface area contributed by atoms with Gasteiger partial charge in [-0.1, -0.05) is 31.0 Å². The van der Waals surface area contributed by atoms with Gasteiger partial charge in [0.05, 0.1) is 17.5 Å². The third-order valence-corrected chi connectivity index (χ3v) is 13.4. The van der Waals surface area contributed by atoms with Crippen molar-refractivity contribution in [1.29, 1.82) is 0 Å². The van der Waals surface area contributed by atoms with Crippen molar-refractivity contribution >= 4 is 39.1 Å². The molecule has 0 aromatic heterocycles. The largest absolute Gasteiger partial charge is 0.487 e.